The minimum absolute atomic E-state index is 0.0946. The number of amides is 1. The van der Waals surface area contributed by atoms with Crippen molar-refractivity contribution in [1.82, 2.24) is 9.80 Å². The molecule has 4 nitrogen and oxygen atoms in total. The fraction of sp³-hybridized carbons (Fsp3) is 0.640. The van der Waals surface area contributed by atoms with Crippen LogP contribution < -0.4 is 0 Å². The quantitative estimate of drug-likeness (QED) is 0.296. The Morgan fingerprint density at radius 1 is 1.06 bits per heavy atom. The molecule has 0 N–H and O–H groups in total. The van der Waals surface area contributed by atoms with Crippen LogP contribution in [0.4, 0.5) is 13.2 Å². The summed E-state index contributed by atoms with van der Waals surface area (Å²) in [6.45, 7) is 6.55. The average Bonchev–Trinajstić information content (AvgIpc) is 2.77. The van der Waals surface area contributed by atoms with Gasteiger partial charge in [-0.25, -0.2) is 0 Å². The summed E-state index contributed by atoms with van der Waals surface area (Å²) in [7, 11) is 3.84. The largest absolute Gasteiger partial charge is 0.416 e. The first-order valence-electron chi connectivity index (χ1n) is 11.6. The molecule has 0 heterocycles. The molecule has 2 rings (SSSR count). The number of halogens is 3. The van der Waals surface area contributed by atoms with Crippen LogP contribution in [0.5, 0.6) is 0 Å². The van der Waals surface area contributed by atoms with Crippen LogP contribution in [0, 0.1) is 0 Å². The van der Waals surface area contributed by atoms with E-state index >= 15 is 0 Å². The van der Waals surface area contributed by atoms with E-state index in [-0.39, 0.29) is 23.6 Å². The van der Waals surface area contributed by atoms with Gasteiger partial charge in [-0.3, -0.25) is 4.79 Å². The topological polar surface area (TPSA) is 32.8 Å². The van der Waals surface area contributed by atoms with E-state index in [4.69, 9.17) is 4.74 Å². The van der Waals surface area contributed by atoms with Crippen molar-refractivity contribution in [1.29, 1.82) is 0 Å². The van der Waals surface area contributed by atoms with E-state index in [9.17, 15) is 18.0 Å². The van der Waals surface area contributed by atoms with Crippen LogP contribution in [0.1, 0.15) is 67.3 Å². The molecular weight excluding hydrogens is 417 g/mol. The fourth-order valence-corrected chi connectivity index (χ4v) is 4.17. The standard InChI is InChI=1S/C25H37F3N2O2/c1-4-17-29(2)18-7-5-6-8-19-32-23-15-13-22(14-16-23)30(3)24(31)20-9-11-21(12-10-20)25(26,27)28/h4,9-12,22-23H,1,5-8,13-19H2,2-3H3/t22-,23-. The molecule has 0 aliphatic heterocycles. The number of rotatable bonds is 12. The third-order valence-corrected chi connectivity index (χ3v) is 6.20. The summed E-state index contributed by atoms with van der Waals surface area (Å²) in [6, 6.07) is 4.54. The van der Waals surface area contributed by atoms with Gasteiger partial charge in [0, 0.05) is 31.8 Å². The summed E-state index contributed by atoms with van der Waals surface area (Å²) in [5, 5.41) is 0. The van der Waals surface area contributed by atoms with Crippen molar-refractivity contribution in [2.45, 2.75) is 69.7 Å². The smallest absolute Gasteiger partial charge is 0.378 e. The van der Waals surface area contributed by atoms with E-state index in [0.29, 0.717) is 0 Å². The van der Waals surface area contributed by atoms with Gasteiger partial charge in [-0.2, -0.15) is 13.2 Å². The third-order valence-electron chi connectivity index (χ3n) is 6.20. The number of nitrogens with zero attached hydrogens (tertiary/aromatic N) is 2. The van der Waals surface area contributed by atoms with Gasteiger partial charge in [0.15, 0.2) is 0 Å². The van der Waals surface area contributed by atoms with Gasteiger partial charge >= 0.3 is 6.18 Å². The number of unbranched alkanes of at least 4 members (excludes halogenated alkanes) is 3. The summed E-state index contributed by atoms with van der Waals surface area (Å²) in [6.07, 6.45) is 5.90. The van der Waals surface area contributed by atoms with Crippen molar-refractivity contribution >= 4 is 5.91 Å². The second-order valence-electron chi connectivity index (χ2n) is 8.76. The van der Waals surface area contributed by atoms with Crippen LogP contribution in [0.15, 0.2) is 36.9 Å². The minimum Gasteiger partial charge on any atom is -0.378 e. The maximum Gasteiger partial charge on any atom is 0.416 e. The second kappa shape index (κ2) is 13.0. The molecule has 0 spiro atoms. The van der Waals surface area contributed by atoms with Crippen molar-refractivity contribution < 1.29 is 22.7 Å². The first-order chi connectivity index (χ1) is 15.2. The summed E-state index contributed by atoms with van der Waals surface area (Å²) >= 11 is 0. The summed E-state index contributed by atoms with van der Waals surface area (Å²) in [4.78, 5) is 16.6. The highest BCUT2D eigenvalue weighted by atomic mass is 19.4. The molecule has 32 heavy (non-hydrogen) atoms. The zero-order chi connectivity index (χ0) is 23.6. The number of hydrogen-bond acceptors (Lipinski definition) is 3. The normalized spacial score (nSPS) is 19.2. The van der Waals surface area contributed by atoms with Gasteiger partial charge < -0.3 is 14.5 Å². The molecule has 1 fully saturated rings. The maximum absolute atomic E-state index is 12.7. The number of hydrogen-bond donors (Lipinski definition) is 0. The minimum atomic E-state index is -4.39. The second-order valence-corrected chi connectivity index (χ2v) is 8.76. The van der Waals surface area contributed by atoms with Crippen molar-refractivity contribution in [3.05, 3.63) is 48.0 Å². The lowest BCUT2D eigenvalue weighted by atomic mass is 9.91. The Morgan fingerprint density at radius 2 is 1.69 bits per heavy atom. The van der Waals surface area contributed by atoms with Crippen molar-refractivity contribution in [2.75, 3.05) is 33.8 Å². The maximum atomic E-state index is 12.7. The molecule has 1 aromatic carbocycles. The number of likely N-dealkylation sites (N-methyl/N-ethyl adjacent to an activating group) is 1. The Morgan fingerprint density at radius 3 is 2.28 bits per heavy atom. The SMILES string of the molecule is C=CCN(C)CCCCCCO[C@H]1CC[C@H](N(C)C(=O)c2ccc(C(F)(F)F)cc2)CC1. The average molecular weight is 455 g/mol. The molecule has 0 radical (unpaired) electrons. The molecule has 1 aliphatic carbocycles. The predicted octanol–water partition coefficient (Wildman–Crippen LogP) is 5.78. The van der Waals surface area contributed by atoms with Crippen LogP contribution in [0.25, 0.3) is 0 Å². The molecular formula is C25H37F3N2O2. The van der Waals surface area contributed by atoms with Gasteiger partial charge in [0.05, 0.1) is 11.7 Å². The number of alkyl halides is 3. The van der Waals surface area contributed by atoms with Gasteiger partial charge in [-0.05, 0) is 76.4 Å². The van der Waals surface area contributed by atoms with Crippen LogP contribution in [0.2, 0.25) is 0 Å². The molecule has 1 saturated carbocycles. The molecule has 0 unspecified atom stereocenters. The van der Waals surface area contributed by atoms with E-state index in [2.05, 4.69) is 18.5 Å². The molecule has 180 valence electrons. The lowest BCUT2D eigenvalue weighted by Crippen LogP contribution is -2.40. The Labute approximate surface area is 190 Å². The third kappa shape index (κ3) is 8.58. The Balaban J connectivity index is 1.63. The Kier molecular flexibility index (Phi) is 10.7. The molecule has 1 aromatic rings. The van der Waals surface area contributed by atoms with E-state index in [0.717, 1.165) is 63.9 Å². The molecule has 7 heteroatoms. The first kappa shape index (κ1) is 26.4. The molecule has 0 atom stereocenters. The highest BCUT2D eigenvalue weighted by Crippen LogP contribution is 2.30. The zero-order valence-corrected chi connectivity index (χ0v) is 19.4. The van der Waals surface area contributed by atoms with Crippen molar-refractivity contribution in [2.24, 2.45) is 0 Å². The molecule has 0 bridgehead atoms. The lowest BCUT2D eigenvalue weighted by Gasteiger charge is -2.34. The highest BCUT2D eigenvalue weighted by Gasteiger charge is 2.31. The molecule has 0 saturated heterocycles. The summed E-state index contributed by atoms with van der Waals surface area (Å²) < 4.78 is 44.2. The summed E-state index contributed by atoms with van der Waals surface area (Å²) in [5.41, 5.74) is -0.455. The van der Waals surface area contributed by atoms with Crippen LogP contribution >= 0.6 is 0 Å². The number of ether oxygens (including phenoxy) is 1. The summed E-state index contributed by atoms with van der Waals surface area (Å²) in [5.74, 6) is -0.234. The van der Waals surface area contributed by atoms with Gasteiger partial charge in [-0.1, -0.05) is 18.9 Å². The predicted molar refractivity (Wildman–Crippen MR) is 122 cm³/mol. The monoisotopic (exact) mass is 454 g/mol. The van der Waals surface area contributed by atoms with E-state index < -0.39 is 11.7 Å². The first-order valence-corrected chi connectivity index (χ1v) is 11.6. The molecule has 0 aromatic heterocycles. The van der Waals surface area contributed by atoms with E-state index in [1.54, 1.807) is 11.9 Å². The highest BCUT2D eigenvalue weighted by molar-refractivity contribution is 5.94. The number of benzene rings is 1. The van der Waals surface area contributed by atoms with E-state index in [1.165, 1.54) is 31.4 Å². The van der Waals surface area contributed by atoms with Crippen LogP contribution in [-0.2, 0) is 10.9 Å². The molecule has 1 amide bonds. The van der Waals surface area contributed by atoms with Crippen molar-refractivity contribution in [3.8, 4) is 0 Å². The zero-order valence-electron chi connectivity index (χ0n) is 19.4. The number of carbonyl (C=O) groups excluding carboxylic acids is 1. The van der Waals surface area contributed by atoms with Gasteiger partial charge in [-0.15, -0.1) is 6.58 Å². The lowest BCUT2D eigenvalue weighted by molar-refractivity contribution is -0.137. The van der Waals surface area contributed by atoms with Crippen LogP contribution in [-0.4, -0.2) is 61.6 Å². The van der Waals surface area contributed by atoms with Gasteiger partial charge in [0.25, 0.3) is 5.91 Å². The van der Waals surface area contributed by atoms with E-state index in [1.807, 2.05) is 6.08 Å². The van der Waals surface area contributed by atoms with Gasteiger partial charge in [0.1, 0.15) is 0 Å². The van der Waals surface area contributed by atoms with Crippen LogP contribution in [0.3, 0.4) is 0 Å². The molecule has 1 aliphatic rings. The van der Waals surface area contributed by atoms with Gasteiger partial charge in [0.2, 0.25) is 0 Å². The number of carbonyl (C=O) groups is 1. The Bertz CT molecular complexity index is 698. The van der Waals surface area contributed by atoms with Crippen molar-refractivity contribution in [3.63, 3.8) is 0 Å². The fourth-order valence-electron chi connectivity index (χ4n) is 4.17. The Hall–Kier alpha value is -1.86.